The Morgan fingerprint density at radius 2 is 1.95 bits per heavy atom. The maximum Gasteiger partial charge on any atom is 0.242 e. The van der Waals surface area contributed by atoms with Gasteiger partial charge in [0.2, 0.25) is 10.0 Å². The number of aliphatic hydroxyl groups is 1. The number of nitrogens with one attached hydrogen (secondary N) is 1. The number of sulfonamides is 1. The highest BCUT2D eigenvalue weighted by Crippen LogP contribution is 2.31. The Hall–Kier alpha value is -0.250. The van der Waals surface area contributed by atoms with E-state index in [0.717, 1.165) is 10.0 Å². The smallest absolute Gasteiger partial charge is 0.242 e. The Balaban J connectivity index is 2.19. The van der Waals surface area contributed by atoms with E-state index in [2.05, 4.69) is 36.6 Å². The van der Waals surface area contributed by atoms with Gasteiger partial charge in [-0.1, -0.05) is 34.1 Å². The van der Waals surface area contributed by atoms with Crippen LogP contribution in [-0.2, 0) is 23.2 Å². The van der Waals surface area contributed by atoms with Crippen molar-refractivity contribution in [3.05, 3.63) is 49.0 Å². The molecular formula is C12H11Br2NO3S2. The molecule has 0 atom stereocenters. The first-order chi connectivity index (χ1) is 9.44. The first-order valence-corrected chi connectivity index (χ1v) is 9.45. The van der Waals surface area contributed by atoms with Crippen LogP contribution in [0.2, 0.25) is 0 Å². The maximum absolute atomic E-state index is 12.2. The molecule has 8 heteroatoms. The van der Waals surface area contributed by atoms with Crippen LogP contribution in [0.3, 0.4) is 0 Å². The summed E-state index contributed by atoms with van der Waals surface area (Å²) in [5.74, 6) is 0. The quantitative estimate of drug-likeness (QED) is 0.749. The number of benzene rings is 1. The molecule has 0 saturated carbocycles. The van der Waals surface area contributed by atoms with Crippen LogP contribution in [0.5, 0.6) is 0 Å². The monoisotopic (exact) mass is 439 g/mol. The second kappa shape index (κ2) is 6.67. The summed E-state index contributed by atoms with van der Waals surface area (Å²) in [5, 5.41) is 9.05. The minimum Gasteiger partial charge on any atom is -0.391 e. The molecule has 0 unspecified atom stereocenters. The van der Waals surface area contributed by atoms with Gasteiger partial charge in [-0.15, -0.1) is 11.3 Å². The average molecular weight is 441 g/mol. The standard InChI is InChI=1S/C12H11Br2NO3S2/c13-10-4-2-1-3-8(10)6-15-20(17,18)11-5-9(7-16)19-12(11)14/h1-5,15-16H,6-7H2. The van der Waals surface area contributed by atoms with E-state index in [4.69, 9.17) is 5.11 Å². The third-order valence-electron chi connectivity index (χ3n) is 2.56. The molecule has 1 aromatic carbocycles. The molecule has 0 saturated heterocycles. The number of rotatable bonds is 5. The number of aliphatic hydroxyl groups excluding tert-OH is 1. The Morgan fingerprint density at radius 1 is 1.25 bits per heavy atom. The second-order valence-electron chi connectivity index (χ2n) is 3.92. The molecule has 20 heavy (non-hydrogen) atoms. The summed E-state index contributed by atoms with van der Waals surface area (Å²) >= 11 is 7.79. The maximum atomic E-state index is 12.2. The lowest BCUT2D eigenvalue weighted by molar-refractivity contribution is 0.285. The molecular weight excluding hydrogens is 430 g/mol. The highest BCUT2D eigenvalue weighted by atomic mass is 79.9. The minimum absolute atomic E-state index is 0.151. The zero-order valence-corrected chi connectivity index (χ0v) is 14.9. The third kappa shape index (κ3) is 3.69. The Bertz CT molecular complexity index is 713. The van der Waals surface area contributed by atoms with Gasteiger partial charge in [-0.25, -0.2) is 13.1 Å². The van der Waals surface area contributed by atoms with Crippen LogP contribution in [0.15, 0.2) is 43.5 Å². The highest BCUT2D eigenvalue weighted by Gasteiger charge is 2.20. The molecule has 1 heterocycles. The van der Waals surface area contributed by atoms with Gasteiger partial charge < -0.3 is 5.11 Å². The van der Waals surface area contributed by atoms with Crippen molar-refractivity contribution in [3.63, 3.8) is 0 Å². The van der Waals surface area contributed by atoms with Crippen molar-refractivity contribution >= 4 is 53.2 Å². The van der Waals surface area contributed by atoms with Crippen LogP contribution in [0.25, 0.3) is 0 Å². The summed E-state index contributed by atoms with van der Waals surface area (Å²) in [6, 6.07) is 8.88. The van der Waals surface area contributed by atoms with E-state index >= 15 is 0 Å². The van der Waals surface area contributed by atoms with E-state index in [1.54, 1.807) is 0 Å². The average Bonchev–Trinajstić information content (AvgIpc) is 2.80. The van der Waals surface area contributed by atoms with Crippen LogP contribution in [-0.4, -0.2) is 13.5 Å². The fraction of sp³-hybridized carbons (Fsp3) is 0.167. The summed E-state index contributed by atoms with van der Waals surface area (Å²) in [7, 11) is -3.61. The summed E-state index contributed by atoms with van der Waals surface area (Å²) in [5.41, 5.74) is 0.852. The van der Waals surface area contributed by atoms with Gasteiger partial charge in [0.25, 0.3) is 0 Å². The fourth-order valence-electron chi connectivity index (χ4n) is 1.55. The predicted octanol–water partition coefficient (Wildman–Crippen LogP) is 3.24. The lowest BCUT2D eigenvalue weighted by Crippen LogP contribution is -2.23. The molecule has 0 fully saturated rings. The Morgan fingerprint density at radius 3 is 2.55 bits per heavy atom. The van der Waals surface area contributed by atoms with Crippen molar-refractivity contribution in [2.24, 2.45) is 0 Å². The third-order valence-corrected chi connectivity index (χ3v) is 6.97. The van der Waals surface area contributed by atoms with Crippen LogP contribution < -0.4 is 4.72 Å². The number of thiophene rings is 1. The summed E-state index contributed by atoms with van der Waals surface area (Å²) in [6.45, 7) is 0.0174. The SMILES string of the molecule is O=S(=O)(NCc1ccccc1Br)c1cc(CO)sc1Br. The summed E-state index contributed by atoms with van der Waals surface area (Å²) < 4.78 is 28.4. The molecule has 1 aromatic heterocycles. The highest BCUT2D eigenvalue weighted by molar-refractivity contribution is 9.11. The molecule has 0 aliphatic rings. The van der Waals surface area contributed by atoms with Gasteiger partial charge in [0, 0.05) is 15.9 Å². The molecule has 0 bridgehead atoms. The topological polar surface area (TPSA) is 66.4 Å². The first-order valence-electron chi connectivity index (χ1n) is 5.56. The number of hydrogen-bond donors (Lipinski definition) is 2. The zero-order valence-electron chi connectivity index (χ0n) is 10.1. The largest absolute Gasteiger partial charge is 0.391 e. The molecule has 2 rings (SSSR count). The van der Waals surface area contributed by atoms with Crippen molar-refractivity contribution < 1.29 is 13.5 Å². The van der Waals surface area contributed by atoms with Crippen molar-refractivity contribution in [1.29, 1.82) is 0 Å². The predicted molar refractivity (Wildman–Crippen MR) is 86.1 cm³/mol. The van der Waals surface area contributed by atoms with Crippen molar-refractivity contribution in [1.82, 2.24) is 4.72 Å². The van der Waals surface area contributed by atoms with Crippen LogP contribution >= 0.6 is 43.2 Å². The molecule has 0 amide bonds. The van der Waals surface area contributed by atoms with E-state index in [9.17, 15) is 8.42 Å². The molecule has 2 N–H and O–H groups in total. The summed E-state index contributed by atoms with van der Waals surface area (Å²) in [4.78, 5) is 0.747. The van der Waals surface area contributed by atoms with Gasteiger partial charge in [-0.3, -0.25) is 0 Å². The van der Waals surface area contributed by atoms with Crippen LogP contribution in [0, 0.1) is 0 Å². The van der Waals surface area contributed by atoms with Gasteiger partial charge in [-0.2, -0.15) is 0 Å². The van der Waals surface area contributed by atoms with E-state index in [1.807, 2.05) is 24.3 Å². The van der Waals surface area contributed by atoms with Gasteiger partial charge in [0.15, 0.2) is 0 Å². The normalized spacial score (nSPS) is 11.8. The Kier molecular flexibility index (Phi) is 5.38. The Labute approximate surface area is 138 Å². The van der Waals surface area contributed by atoms with E-state index in [-0.39, 0.29) is 18.0 Å². The van der Waals surface area contributed by atoms with E-state index in [1.165, 1.54) is 17.4 Å². The minimum atomic E-state index is -3.61. The molecule has 0 aliphatic heterocycles. The second-order valence-corrected chi connectivity index (χ2v) is 8.97. The molecule has 108 valence electrons. The van der Waals surface area contributed by atoms with Crippen molar-refractivity contribution in [2.75, 3.05) is 0 Å². The lowest BCUT2D eigenvalue weighted by Gasteiger charge is -2.07. The molecule has 0 radical (unpaired) electrons. The molecule has 4 nitrogen and oxygen atoms in total. The number of halogens is 2. The van der Waals surface area contributed by atoms with E-state index < -0.39 is 10.0 Å². The summed E-state index contributed by atoms with van der Waals surface area (Å²) in [6.07, 6.45) is 0. The van der Waals surface area contributed by atoms with Gasteiger partial charge >= 0.3 is 0 Å². The van der Waals surface area contributed by atoms with Crippen molar-refractivity contribution in [2.45, 2.75) is 18.0 Å². The zero-order chi connectivity index (χ0) is 14.8. The fourth-order valence-corrected chi connectivity index (χ4v) is 5.52. The van der Waals surface area contributed by atoms with E-state index in [0.29, 0.717) is 8.66 Å². The molecule has 0 spiro atoms. The van der Waals surface area contributed by atoms with Gasteiger partial charge in [-0.05, 0) is 33.6 Å². The van der Waals surface area contributed by atoms with Crippen molar-refractivity contribution in [3.8, 4) is 0 Å². The first kappa shape index (κ1) is 16.1. The lowest BCUT2D eigenvalue weighted by atomic mass is 10.2. The van der Waals surface area contributed by atoms with Crippen LogP contribution in [0.4, 0.5) is 0 Å². The van der Waals surface area contributed by atoms with Gasteiger partial charge in [0.05, 0.1) is 10.4 Å². The van der Waals surface area contributed by atoms with Gasteiger partial charge in [0.1, 0.15) is 4.90 Å². The number of hydrogen-bond acceptors (Lipinski definition) is 4. The van der Waals surface area contributed by atoms with Crippen LogP contribution in [0.1, 0.15) is 10.4 Å². The molecule has 0 aliphatic carbocycles. The molecule has 2 aromatic rings.